The molecule has 0 rings (SSSR count). The molecule has 1 unspecified atom stereocenters. The van der Waals surface area contributed by atoms with Crippen molar-refractivity contribution in [2.75, 3.05) is 34.3 Å². The maximum absolute atomic E-state index is 12.8. The van der Waals surface area contributed by atoms with Crippen LogP contribution >= 0.6 is 18.2 Å². The van der Waals surface area contributed by atoms with E-state index in [2.05, 4.69) is 19.2 Å². The SMILES string of the molecule is CCCCCCCCCCCCC/C=C/[C@@H](O)[C@@H](NC(=O)CCCCCCCCCCCCCCC)SP(=O)([O-])OCC[N+](C)(C)C. The second-order valence-corrected chi connectivity index (χ2v) is 18.5. The Labute approximate surface area is 295 Å². The van der Waals surface area contributed by atoms with Crippen molar-refractivity contribution < 1.29 is 28.4 Å². The molecule has 2 N–H and O–H groups in total. The first kappa shape index (κ1) is 46.6. The monoisotopic (exact) mass is 705 g/mol. The number of unbranched alkanes of at least 4 members (excludes halogenated alkanes) is 23. The van der Waals surface area contributed by atoms with Gasteiger partial charge in [0.1, 0.15) is 24.6 Å². The maximum atomic E-state index is 12.8. The molecule has 280 valence electrons. The Hall–Kier alpha value is -0.370. The molecule has 9 heteroatoms. The molecule has 0 aromatic carbocycles. The summed E-state index contributed by atoms with van der Waals surface area (Å²) in [6.45, 7) is 0.768. The Kier molecular flexibility index (Phi) is 31.4. The number of amides is 1. The van der Waals surface area contributed by atoms with Gasteiger partial charge in [0.25, 0.3) is 0 Å². The molecule has 0 aromatic heterocycles. The van der Waals surface area contributed by atoms with E-state index in [9.17, 15) is 19.4 Å². The van der Waals surface area contributed by atoms with Gasteiger partial charge in [-0.3, -0.25) is 9.36 Å². The third-order valence-corrected chi connectivity index (χ3v) is 11.8. The van der Waals surface area contributed by atoms with Crippen molar-refractivity contribution in [2.45, 2.75) is 192 Å². The normalized spacial score (nSPS) is 14.8. The number of likely N-dealkylation sites (N-methyl/N-ethyl adjacent to an activating group) is 1. The van der Waals surface area contributed by atoms with Crippen LogP contribution in [-0.2, 0) is 13.9 Å². The number of hydrogen-bond acceptors (Lipinski definition) is 6. The summed E-state index contributed by atoms with van der Waals surface area (Å²) in [6, 6.07) is 0. The summed E-state index contributed by atoms with van der Waals surface area (Å²) in [6.07, 6.45) is 33.7. The average molecular weight is 705 g/mol. The molecule has 47 heavy (non-hydrogen) atoms. The van der Waals surface area contributed by atoms with Crippen LogP contribution in [0, 0.1) is 0 Å². The van der Waals surface area contributed by atoms with Crippen molar-refractivity contribution in [2.24, 2.45) is 0 Å². The zero-order chi connectivity index (χ0) is 35.1. The largest absolute Gasteiger partial charge is 0.770 e. The predicted molar refractivity (Wildman–Crippen MR) is 203 cm³/mol. The van der Waals surface area contributed by atoms with Crippen molar-refractivity contribution in [3.63, 3.8) is 0 Å². The molecule has 1 amide bonds. The topological polar surface area (TPSA) is 98.7 Å². The number of nitrogens with zero attached hydrogens (tertiary/aromatic N) is 1. The van der Waals surface area contributed by atoms with Gasteiger partial charge in [-0.1, -0.05) is 179 Å². The lowest BCUT2D eigenvalue weighted by Crippen LogP contribution is -2.40. The summed E-state index contributed by atoms with van der Waals surface area (Å²) in [5.41, 5.74) is 0. The van der Waals surface area contributed by atoms with Gasteiger partial charge in [-0.25, -0.2) is 0 Å². The molecule has 0 saturated carbocycles. The minimum Gasteiger partial charge on any atom is -0.770 e. The lowest BCUT2D eigenvalue weighted by Gasteiger charge is -2.31. The molecule has 0 fully saturated rings. The van der Waals surface area contributed by atoms with Crippen LogP contribution in [0.15, 0.2) is 12.2 Å². The van der Waals surface area contributed by atoms with Gasteiger partial charge in [-0.05, 0) is 19.3 Å². The van der Waals surface area contributed by atoms with Gasteiger partial charge in [0, 0.05) is 6.42 Å². The van der Waals surface area contributed by atoms with E-state index in [0.717, 1.165) is 38.5 Å². The molecule has 7 nitrogen and oxygen atoms in total. The van der Waals surface area contributed by atoms with E-state index >= 15 is 0 Å². The van der Waals surface area contributed by atoms with Gasteiger partial charge in [0.05, 0.1) is 21.1 Å². The molecular weight excluding hydrogens is 627 g/mol. The van der Waals surface area contributed by atoms with Crippen LogP contribution in [0.5, 0.6) is 0 Å². The molecule has 0 aromatic rings. The quantitative estimate of drug-likeness (QED) is 0.0224. The third-order valence-electron chi connectivity index (χ3n) is 8.68. The number of carbonyl (C=O) groups excluding carboxylic acids is 1. The van der Waals surface area contributed by atoms with Crippen LogP contribution in [0.3, 0.4) is 0 Å². The third kappa shape index (κ3) is 33.9. The highest BCUT2D eigenvalue weighted by atomic mass is 32.7. The molecule has 0 aliphatic carbocycles. The van der Waals surface area contributed by atoms with Crippen molar-refractivity contribution in [3.8, 4) is 0 Å². The van der Waals surface area contributed by atoms with Crippen LogP contribution in [0.25, 0.3) is 0 Å². The summed E-state index contributed by atoms with van der Waals surface area (Å²) in [5.74, 6) is -0.227. The Morgan fingerprint density at radius 3 is 1.57 bits per heavy atom. The van der Waals surface area contributed by atoms with E-state index in [1.807, 2.05) is 27.2 Å². The lowest BCUT2D eigenvalue weighted by atomic mass is 10.0. The Morgan fingerprint density at radius 1 is 0.745 bits per heavy atom. The van der Waals surface area contributed by atoms with Crippen molar-refractivity contribution in [1.82, 2.24) is 5.32 Å². The summed E-state index contributed by atoms with van der Waals surface area (Å²) in [7, 11) is 5.90. The van der Waals surface area contributed by atoms with E-state index in [1.165, 1.54) is 122 Å². The minimum atomic E-state index is -4.33. The highest BCUT2D eigenvalue weighted by Crippen LogP contribution is 2.54. The second kappa shape index (κ2) is 31.6. The van der Waals surface area contributed by atoms with Crippen LogP contribution in [0.4, 0.5) is 0 Å². The fourth-order valence-electron chi connectivity index (χ4n) is 5.57. The smallest absolute Gasteiger partial charge is 0.220 e. The van der Waals surface area contributed by atoms with E-state index in [0.29, 0.717) is 28.8 Å². The second-order valence-electron chi connectivity index (χ2n) is 14.6. The summed E-state index contributed by atoms with van der Waals surface area (Å²) < 4.78 is 18.6. The molecule has 0 radical (unpaired) electrons. The molecular formula is C38H77N2O5PS. The number of nitrogens with one attached hydrogen (secondary N) is 1. The first-order valence-corrected chi connectivity index (χ1v) is 22.6. The Morgan fingerprint density at radius 2 is 1.15 bits per heavy atom. The van der Waals surface area contributed by atoms with Crippen LogP contribution in [0.2, 0.25) is 0 Å². The van der Waals surface area contributed by atoms with Crippen molar-refractivity contribution >= 4 is 24.1 Å². The Bertz CT molecular complexity index is 793. The molecule has 0 aliphatic heterocycles. The summed E-state index contributed by atoms with van der Waals surface area (Å²) in [5, 5.41) is 12.7. The van der Waals surface area contributed by atoms with E-state index < -0.39 is 18.3 Å². The molecule has 0 bridgehead atoms. The van der Waals surface area contributed by atoms with E-state index in [-0.39, 0.29) is 12.5 Å². The van der Waals surface area contributed by atoms with Crippen LogP contribution < -0.4 is 10.2 Å². The van der Waals surface area contributed by atoms with Crippen LogP contribution in [-0.4, -0.2) is 61.3 Å². The summed E-state index contributed by atoms with van der Waals surface area (Å²) in [4.78, 5) is 25.5. The fraction of sp³-hybridized carbons (Fsp3) is 0.921. The number of allylic oxidation sites excluding steroid dienone is 1. The van der Waals surface area contributed by atoms with Crippen LogP contribution in [0.1, 0.15) is 181 Å². The number of carbonyl (C=O) groups is 1. The lowest BCUT2D eigenvalue weighted by molar-refractivity contribution is -0.870. The zero-order valence-corrected chi connectivity index (χ0v) is 33.2. The van der Waals surface area contributed by atoms with Gasteiger partial charge in [-0.15, -0.1) is 0 Å². The summed E-state index contributed by atoms with van der Waals surface area (Å²) >= 11 is 0.519. The van der Waals surface area contributed by atoms with Gasteiger partial charge in [0.15, 0.2) is 6.80 Å². The number of quaternary nitrogens is 1. The highest BCUT2D eigenvalue weighted by Gasteiger charge is 2.26. The number of aliphatic hydroxyl groups is 1. The number of rotatable bonds is 35. The van der Waals surface area contributed by atoms with Crippen molar-refractivity contribution in [3.05, 3.63) is 12.2 Å². The van der Waals surface area contributed by atoms with Gasteiger partial charge in [-0.2, -0.15) is 0 Å². The molecule has 0 saturated heterocycles. The first-order valence-electron chi connectivity index (χ1n) is 19.6. The first-order chi connectivity index (χ1) is 22.5. The minimum absolute atomic E-state index is 0.0572. The van der Waals surface area contributed by atoms with E-state index in [4.69, 9.17) is 4.52 Å². The standard InChI is InChI=1S/C38H77N2O5PS/c1-6-8-10-12-14-16-18-20-22-24-26-28-30-32-36(41)38(47-46(43,44)45-35-34-40(3,4)5)39-37(42)33-31-29-27-25-23-21-19-17-15-13-11-9-7-2/h30,32,36,38,41H,6-29,31,33-35H2,1-5H3,(H-,39,42,43,44)/b32-30+/t36-,38+/m1/s1. The number of aliphatic hydroxyl groups excluding tert-OH is 1. The molecule has 3 atom stereocenters. The Balaban J connectivity index is 4.49. The van der Waals surface area contributed by atoms with Gasteiger partial charge < -0.3 is 24.3 Å². The predicted octanol–water partition coefficient (Wildman–Crippen LogP) is 10.5. The van der Waals surface area contributed by atoms with Gasteiger partial charge >= 0.3 is 0 Å². The van der Waals surface area contributed by atoms with Gasteiger partial charge in [0.2, 0.25) is 5.91 Å². The molecule has 0 aliphatic rings. The van der Waals surface area contributed by atoms with Crippen molar-refractivity contribution in [1.29, 1.82) is 0 Å². The average Bonchev–Trinajstić information content (AvgIpc) is 3.00. The van der Waals surface area contributed by atoms with E-state index in [1.54, 1.807) is 6.08 Å². The maximum Gasteiger partial charge on any atom is 0.220 e. The number of hydrogen-bond donors (Lipinski definition) is 2. The molecule has 0 heterocycles. The highest BCUT2D eigenvalue weighted by molar-refractivity contribution is 8.54. The fourth-order valence-corrected chi connectivity index (χ4v) is 8.38. The zero-order valence-electron chi connectivity index (χ0n) is 31.5. The molecule has 0 spiro atoms.